The number of hydrogen-bond acceptors (Lipinski definition) is 4. The average molecular weight is 873 g/mol. The fourth-order valence-corrected chi connectivity index (χ4v) is 9.41. The number of anilines is 4. The second-order valence-electron chi connectivity index (χ2n) is 23.2. The molecule has 0 saturated heterocycles. The Hall–Kier alpha value is -6.33. The van der Waals surface area contributed by atoms with Crippen LogP contribution in [0.4, 0.5) is 22.7 Å². The third-order valence-electron chi connectivity index (χ3n) is 13.9. The molecule has 0 saturated carbocycles. The molecule has 66 heavy (non-hydrogen) atoms. The first-order chi connectivity index (χ1) is 31.0. The minimum absolute atomic E-state index is 0.00200. The minimum Gasteiger partial charge on any atom is -0.457 e. The van der Waals surface area contributed by atoms with E-state index in [0.717, 1.165) is 34.0 Å². The van der Waals surface area contributed by atoms with Crippen LogP contribution in [0, 0.1) is 0 Å². The van der Waals surface area contributed by atoms with Crippen LogP contribution in [0.25, 0.3) is 27.6 Å². The first-order valence-corrected chi connectivity index (χ1v) is 23.7. The predicted molar refractivity (Wildman–Crippen MR) is 280 cm³/mol. The lowest BCUT2D eigenvalue weighted by Crippen LogP contribution is -2.25. The molecule has 0 aliphatic carbocycles. The number of benzene rings is 6. The van der Waals surface area contributed by atoms with Gasteiger partial charge in [0.15, 0.2) is 0 Å². The van der Waals surface area contributed by atoms with E-state index in [1.54, 1.807) is 0 Å². The molecular weight excluding hydrogens is 805 g/mol. The fraction of sp³-hybridized carbons (Fsp3) is 0.328. The molecule has 1 aliphatic rings. The number of hydrogen-bond donors (Lipinski definition) is 0. The third kappa shape index (κ3) is 8.38. The van der Waals surface area contributed by atoms with Gasteiger partial charge in [0.2, 0.25) is 0 Å². The van der Waals surface area contributed by atoms with Gasteiger partial charge in [0.05, 0.1) is 22.4 Å². The highest BCUT2D eigenvalue weighted by atomic mass is 16.5. The largest absolute Gasteiger partial charge is 0.457 e. The summed E-state index contributed by atoms with van der Waals surface area (Å²) in [5, 5.41) is 2.38. The summed E-state index contributed by atoms with van der Waals surface area (Å²) in [5.74, 6) is 2.46. The van der Waals surface area contributed by atoms with Gasteiger partial charge in [-0.1, -0.05) is 152 Å². The van der Waals surface area contributed by atoms with E-state index in [4.69, 9.17) is 9.72 Å². The number of rotatable bonds is 7. The standard InChI is InChI=1S/C61H68N4O/c1-57(2,3)40-20-24-46(25-21-40)63-39-64(53-29-23-43(35-55(53)63)59(7,8)9)47-32-45(61(13,14)41-18-16-15-17-19-41)33-49(37-47)66-48-26-27-50-51-34-42(58(4,5)6)22-28-52(51)65(54(50)38-48)56-36-44(30-31-62-56)60(10,11)12/h15-38H,39H2,1-14H3. The molecule has 5 nitrogen and oxygen atoms in total. The molecule has 0 radical (unpaired) electrons. The van der Waals surface area contributed by atoms with Crippen molar-refractivity contribution in [2.24, 2.45) is 0 Å². The van der Waals surface area contributed by atoms with Crippen LogP contribution in [0.2, 0.25) is 0 Å². The van der Waals surface area contributed by atoms with Gasteiger partial charge in [-0.05, 0) is 128 Å². The zero-order valence-corrected chi connectivity index (χ0v) is 41.8. The molecule has 0 N–H and O–H groups in total. The van der Waals surface area contributed by atoms with Crippen molar-refractivity contribution in [1.82, 2.24) is 9.55 Å². The van der Waals surface area contributed by atoms with Gasteiger partial charge in [-0.15, -0.1) is 0 Å². The Morgan fingerprint density at radius 2 is 1.02 bits per heavy atom. The summed E-state index contributed by atoms with van der Waals surface area (Å²) < 4.78 is 9.45. The van der Waals surface area contributed by atoms with Gasteiger partial charge in [0.25, 0.3) is 0 Å². The second-order valence-corrected chi connectivity index (χ2v) is 23.2. The van der Waals surface area contributed by atoms with Gasteiger partial charge in [-0.25, -0.2) is 4.98 Å². The number of ether oxygens (including phenoxy) is 1. The quantitative estimate of drug-likeness (QED) is 0.160. The maximum absolute atomic E-state index is 7.14. The number of fused-ring (bicyclic) bond motifs is 4. The molecular formula is C61H68N4O. The van der Waals surface area contributed by atoms with Crippen molar-refractivity contribution in [3.63, 3.8) is 0 Å². The average Bonchev–Trinajstić information content (AvgIpc) is 3.81. The molecule has 0 bridgehead atoms. The van der Waals surface area contributed by atoms with E-state index in [2.05, 4.69) is 251 Å². The van der Waals surface area contributed by atoms with Crippen molar-refractivity contribution in [3.05, 3.63) is 179 Å². The van der Waals surface area contributed by atoms with E-state index in [9.17, 15) is 0 Å². The summed E-state index contributed by atoms with van der Waals surface area (Å²) in [7, 11) is 0. The summed E-state index contributed by atoms with van der Waals surface area (Å²) in [5.41, 5.74) is 14.2. The molecule has 338 valence electrons. The fourth-order valence-electron chi connectivity index (χ4n) is 9.41. The summed E-state index contributed by atoms with van der Waals surface area (Å²) in [6.45, 7) is 32.6. The van der Waals surface area contributed by atoms with Gasteiger partial charge >= 0.3 is 0 Å². The molecule has 2 aromatic heterocycles. The first-order valence-electron chi connectivity index (χ1n) is 23.7. The highest BCUT2D eigenvalue weighted by Gasteiger charge is 2.33. The van der Waals surface area contributed by atoms with E-state index in [1.807, 2.05) is 6.20 Å². The summed E-state index contributed by atoms with van der Waals surface area (Å²) in [6, 6.07) is 51.7. The molecule has 1 aliphatic heterocycles. The second kappa shape index (κ2) is 15.9. The number of nitrogens with zero attached hydrogens (tertiary/aromatic N) is 4. The molecule has 6 aromatic carbocycles. The normalized spacial score (nSPS) is 13.8. The smallest absolute Gasteiger partial charge is 0.137 e. The molecule has 8 aromatic rings. The Kier molecular flexibility index (Phi) is 10.8. The molecule has 9 rings (SSSR count). The van der Waals surface area contributed by atoms with Crippen molar-refractivity contribution in [1.29, 1.82) is 0 Å². The zero-order chi connectivity index (χ0) is 47.1. The van der Waals surface area contributed by atoms with E-state index < -0.39 is 0 Å². The van der Waals surface area contributed by atoms with Gasteiger partial charge in [0.1, 0.15) is 24.0 Å². The van der Waals surface area contributed by atoms with Crippen molar-refractivity contribution in [2.45, 2.75) is 124 Å². The molecule has 3 heterocycles. The summed E-state index contributed by atoms with van der Waals surface area (Å²) in [4.78, 5) is 9.92. The van der Waals surface area contributed by atoms with Crippen molar-refractivity contribution < 1.29 is 4.74 Å². The van der Waals surface area contributed by atoms with E-state index >= 15 is 0 Å². The molecule has 5 heteroatoms. The third-order valence-corrected chi connectivity index (χ3v) is 13.9. The lowest BCUT2D eigenvalue weighted by atomic mass is 9.78. The molecule has 0 spiro atoms. The van der Waals surface area contributed by atoms with Gasteiger partial charge in [-0.3, -0.25) is 4.57 Å². The van der Waals surface area contributed by atoms with Crippen LogP contribution in [0.5, 0.6) is 11.5 Å². The van der Waals surface area contributed by atoms with Crippen LogP contribution in [-0.4, -0.2) is 16.2 Å². The maximum Gasteiger partial charge on any atom is 0.137 e. The Balaban J connectivity index is 1.20. The lowest BCUT2D eigenvalue weighted by Gasteiger charge is -2.29. The van der Waals surface area contributed by atoms with Crippen molar-refractivity contribution in [2.75, 3.05) is 16.5 Å². The summed E-state index contributed by atoms with van der Waals surface area (Å²) in [6.07, 6.45) is 1.95. The summed E-state index contributed by atoms with van der Waals surface area (Å²) >= 11 is 0. The van der Waals surface area contributed by atoms with Gasteiger partial charge in [-0.2, -0.15) is 0 Å². The minimum atomic E-state index is -0.318. The van der Waals surface area contributed by atoms with Gasteiger partial charge < -0.3 is 14.5 Å². The van der Waals surface area contributed by atoms with E-state index in [-0.39, 0.29) is 27.1 Å². The molecule has 0 fully saturated rings. The van der Waals surface area contributed by atoms with Crippen molar-refractivity contribution in [3.8, 4) is 17.3 Å². The maximum atomic E-state index is 7.14. The SMILES string of the molecule is CC(C)(C)c1ccc(N2CN(c3cc(Oc4ccc5c6cc(C(C)(C)C)ccc6n(-c6cc(C(C)(C)C)ccn6)c5c4)cc(C(C)(C)c4ccccc4)c3)c3ccc(C(C)(C)C)cc32)cc1. The van der Waals surface area contributed by atoms with Gasteiger partial charge in [0, 0.05) is 45.9 Å². The molecule has 0 unspecified atom stereocenters. The topological polar surface area (TPSA) is 33.5 Å². The Labute approximate surface area is 394 Å². The first kappa shape index (κ1) is 44.9. The Bertz CT molecular complexity index is 3090. The van der Waals surface area contributed by atoms with Crippen LogP contribution in [0.15, 0.2) is 146 Å². The Morgan fingerprint density at radius 1 is 0.409 bits per heavy atom. The number of aromatic nitrogens is 2. The van der Waals surface area contributed by atoms with Crippen LogP contribution < -0.4 is 14.5 Å². The van der Waals surface area contributed by atoms with Crippen molar-refractivity contribution >= 4 is 44.6 Å². The van der Waals surface area contributed by atoms with Crippen LogP contribution in [-0.2, 0) is 27.1 Å². The molecule has 0 atom stereocenters. The van der Waals surface area contributed by atoms with Crippen LogP contribution in [0.1, 0.15) is 130 Å². The van der Waals surface area contributed by atoms with Crippen LogP contribution >= 0.6 is 0 Å². The lowest BCUT2D eigenvalue weighted by molar-refractivity contribution is 0.480. The van der Waals surface area contributed by atoms with E-state index in [1.165, 1.54) is 61.2 Å². The number of pyridine rings is 1. The zero-order valence-electron chi connectivity index (χ0n) is 41.8. The van der Waals surface area contributed by atoms with E-state index in [0.29, 0.717) is 6.67 Å². The van der Waals surface area contributed by atoms with Crippen LogP contribution in [0.3, 0.4) is 0 Å². The predicted octanol–water partition coefficient (Wildman–Crippen LogP) is 16.7. The Morgan fingerprint density at radius 3 is 1.68 bits per heavy atom. The highest BCUT2D eigenvalue weighted by molar-refractivity contribution is 6.10. The molecule has 0 amide bonds. The monoisotopic (exact) mass is 873 g/mol. The highest BCUT2D eigenvalue weighted by Crippen LogP contribution is 2.49.